The predicted molar refractivity (Wildman–Crippen MR) is 44.6 cm³/mol. The molecule has 4 N–H and O–H groups in total. The SMILES string of the molecule is OCCC(CO)C(CO)CCO. The number of aliphatic hydroxyl groups excluding tert-OH is 4. The Morgan fingerprint density at radius 1 is 0.667 bits per heavy atom. The van der Waals surface area contributed by atoms with Gasteiger partial charge in [0.2, 0.25) is 0 Å². The van der Waals surface area contributed by atoms with Crippen molar-refractivity contribution in [2.45, 2.75) is 12.8 Å². The molecule has 0 aromatic heterocycles. The Morgan fingerprint density at radius 3 is 1.17 bits per heavy atom. The molecule has 74 valence electrons. The predicted octanol–water partition coefficient (Wildman–Crippen LogP) is -1.03. The van der Waals surface area contributed by atoms with Gasteiger partial charge in [0.25, 0.3) is 0 Å². The van der Waals surface area contributed by atoms with Crippen LogP contribution >= 0.6 is 0 Å². The summed E-state index contributed by atoms with van der Waals surface area (Å²) in [4.78, 5) is 0. The molecule has 0 fully saturated rings. The molecule has 0 aromatic rings. The van der Waals surface area contributed by atoms with E-state index in [1.807, 2.05) is 0 Å². The summed E-state index contributed by atoms with van der Waals surface area (Å²) in [6.07, 6.45) is 0.948. The van der Waals surface area contributed by atoms with Crippen molar-refractivity contribution in [1.29, 1.82) is 0 Å². The van der Waals surface area contributed by atoms with Crippen molar-refractivity contribution in [3.8, 4) is 0 Å². The first-order chi connectivity index (χ1) is 5.79. The van der Waals surface area contributed by atoms with E-state index in [4.69, 9.17) is 20.4 Å². The van der Waals surface area contributed by atoms with Crippen LogP contribution in [-0.2, 0) is 0 Å². The molecule has 12 heavy (non-hydrogen) atoms. The molecule has 0 bridgehead atoms. The molecule has 0 amide bonds. The molecule has 2 unspecified atom stereocenters. The fourth-order valence-corrected chi connectivity index (χ4v) is 1.28. The average molecular weight is 178 g/mol. The molecule has 0 saturated carbocycles. The van der Waals surface area contributed by atoms with Gasteiger partial charge in [0, 0.05) is 26.4 Å². The van der Waals surface area contributed by atoms with E-state index in [1.54, 1.807) is 0 Å². The highest BCUT2D eigenvalue weighted by Crippen LogP contribution is 2.17. The number of rotatable bonds is 7. The van der Waals surface area contributed by atoms with Gasteiger partial charge in [-0.15, -0.1) is 0 Å². The summed E-state index contributed by atoms with van der Waals surface area (Å²) >= 11 is 0. The van der Waals surface area contributed by atoms with Crippen molar-refractivity contribution in [3.63, 3.8) is 0 Å². The molecule has 0 radical (unpaired) electrons. The van der Waals surface area contributed by atoms with E-state index < -0.39 is 0 Å². The summed E-state index contributed by atoms with van der Waals surface area (Å²) in [6, 6.07) is 0. The Morgan fingerprint density at radius 2 is 1.00 bits per heavy atom. The van der Waals surface area contributed by atoms with E-state index in [2.05, 4.69) is 0 Å². The van der Waals surface area contributed by atoms with Crippen molar-refractivity contribution >= 4 is 0 Å². The van der Waals surface area contributed by atoms with Crippen LogP contribution in [0.5, 0.6) is 0 Å². The third kappa shape index (κ3) is 4.01. The maximum atomic E-state index is 8.88. The van der Waals surface area contributed by atoms with Crippen LogP contribution in [0.2, 0.25) is 0 Å². The van der Waals surface area contributed by atoms with Gasteiger partial charge in [-0.2, -0.15) is 0 Å². The fraction of sp³-hybridized carbons (Fsp3) is 1.00. The van der Waals surface area contributed by atoms with Gasteiger partial charge in [0.1, 0.15) is 0 Å². The Bertz CT molecular complexity index is 85.1. The van der Waals surface area contributed by atoms with Gasteiger partial charge in [-0.05, 0) is 24.7 Å². The summed E-state index contributed by atoms with van der Waals surface area (Å²) in [5, 5.41) is 35.0. The zero-order valence-corrected chi connectivity index (χ0v) is 7.19. The second-order valence-corrected chi connectivity index (χ2v) is 2.91. The maximum Gasteiger partial charge on any atom is 0.0463 e. The average Bonchev–Trinajstić information content (AvgIpc) is 2.11. The van der Waals surface area contributed by atoms with Crippen molar-refractivity contribution in [2.24, 2.45) is 11.8 Å². The lowest BCUT2D eigenvalue weighted by Crippen LogP contribution is -2.24. The van der Waals surface area contributed by atoms with Gasteiger partial charge >= 0.3 is 0 Å². The molecular formula is C8H18O4. The first-order valence-electron chi connectivity index (χ1n) is 4.23. The second-order valence-electron chi connectivity index (χ2n) is 2.91. The minimum atomic E-state index is -0.104. The Hall–Kier alpha value is -0.160. The zero-order valence-electron chi connectivity index (χ0n) is 7.19. The van der Waals surface area contributed by atoms with Crippen LogP contribution < -0.4 is 0 Å². The van der Waals surface area contributed by atoms with E-state index in [0.29, 0.717) is 12.8 Å². The summed E-state index contributed by atoms with van der Waals surface area (Å²) in [6.45, 7) is -0.0854. The molecule has 0 saturated heterocycles. The maximum absolute atomic E-state index is 8.88. The molecule has 0 aliphatic rings. The number of aliphatic hydroxyl groups is 4. The van der Waals surface area contributed by atoms with Gasteiger partial charge in [-0.25, -0.2) is 0 Å². The summed E-state index contributed by atoms with van der Waals surface area (Å²) < 4.78 is 0. The molecule has 4 heteroatoms. The van der Waals surface area contributed by atoms with Crippen LogP contribution in [0.15, 0.2) is 0 Å². The lowest BCUT2D eigenvalue weighted by molar-refractivity contribution is 0.0812. The smallest absolute Gasteiger partial charge is 0.0463 e. The van der Waals surface area contributed by atoms with Crippen molar-refractivity contribution in [1.82, 2.24) is 0 Å². The molecule has 0 heterocycles. The first kappa shape index (κ1) is 11.8. The molecule has 0 spiro atoms. The van der Waals surface area contributed by atoms with Gasteiger partial charge in [-0.3, -0.25) is 0 Å². The molecule has 0 aliphatic carbocycles. The summed E-state index contributed by atoms with van der Waals surface area (Å²) in [5.74, 6) is -0.209. The van der Waals surface area contributed by atoms with E-state index >= 15 is 0 Å². The van der Waals surface area contributed by atoms with Crippen LogP contribution in [0.3, 0.4) is 0 Å². The minimum absolute atomic E-state index is 0.00710. The Balaban J connectivity index is 3.84. The molecule has 0 rings (SSSR count). The molecule has 2 atom stereocenters. The number of hydrogen-bond acceptors (Lipinski definition) is 4. The third-order valence-electron chi connectivity index (χ3n) is 2.14. The highest BCUT2D eigenvalue weighted by molar-refractivity contribution is 4.68. The van der Waals surface area contributed by atoms with Crippen LogP contribution in [0, 0.1) is 11.8 Å². The van der Waals surface area contributed by atoms with Crippen molar-refractivity contribution in [3.05, 3.63) is 0 Å². The highest BCUT2D eigenvalue weighted by atomic mass is 16.3. The first-order valence-corrected chi connectivity index (χ1v) is 4.23. The van der Waals surface area contributed by atoms with Crippen LogP contribution in [0.1, 0.15) is 12.8 Å². The summed E-state index contributed by atoms with van der Waals surface area (Å²) in [7, 11) is 0. The zero-order chi connectivity index (χ0) is 9.40. The third-order valence-corrected chi connectivity index (χ3v) is 2.14. The molecule has 0 aromatic carbocycles. The van der Waals surface area contributed by atoms with Crippen LogP contribution in [0.4, 0.5) is 0 Å². The topological polar surface area (TPSA) is 80.9 Å². The minimum Gasteiger partial charge on any atom is -0.396 e. The van der Waals surface area contributed by atoms with Crippen LogP contribution in [0.25, 0.3) is 0 Å². The normalized spacial score (nSPS) is 16.0. The summed E-state index contributed by atoms with van der Waals surface area (Å²) in [5.41, 5.74) is 0. The van der Waals surface area contributed by atoms with E-state index in [1.165, 1.54) is 0 Å². The Labute approximate surface area is 72.5 Å². The van der Waals surface area contributed by atoms with Crippen molar-refractivity contribution in [2.75, 3.05) is 26.4 Å². The van der Waals surface area contributed by atoms with Gasteiger partial charge in [0.05, 0.1) is 0 Å². The molecule has 0 aliphatic heterocycles. The van der Waals surface area contributed by atoms with Gasteiger partial charge in [0.15, 0.2) is 0 Å². The van der Waals surface area contributed by atoms with E-state index in [-0.39, 0.29) is 38.3 Å². The Kier molecular flexibility index (Phi) is 7.39. The quantitative estimate of drug-likeness (QED) is 0.402. The number of hydrogen-bond donors (Lipinski definition) is 4. The monoisotopic (exact) mass is 178 g/mol. The lowest BCUT2D eigenvalue weighted by Gasteiger charge is -2.22. The van der Waals surface area contributed by atoms with E-state index in [0.717, 1.165) is 0 Å². The van der Waals surface area contributed by atoms with E-state index in [9.17, 15) is 0 Å². The van der Waals surface area contributed by atoms with Crippen molar-refractivity contribution < 1.29 is 20.4 Å². The molecule has 4 nitrogen and oxygen atoms in total. The van der Waals surface area contributed by atoms with Gasteiger partial charge in [-0.1, -0.05) is 0 Å². The second kappa shape index (κ2) is 7.49. The fourth-order valence-electron chi connectivity index (χ4n) is 1.28. The standard InChI is InChI=1S/C8H18O4/c9-3-1-7(5-11)8(6-12)2-4-10/h7-12H,1-6H2. The van der Waals surface area contributed by atoms with Gasteiger partial charge < -0.3 is 20.4 Å². The highest BCUT2D eigenvalue weighted by Gasteiger charge is 2.18. The largest absolute Gasteiger partial charge is 0.396 e. The molecular weight excluding hydrogens is 160 g/mol. The van der Waals surface area contributed by atoms with Crippen LogP contribution in [-0.4, -0.2) is 46.9 Å². The lowest BCUT2D eigenvalue weighted by atomic mass is 9.88.